The average molecular weight is 562 g/mol. The van der Waals surface area contributed by atoms with Crippen LogP contribution >= 0.6 is 11.8 Å². The summed E-state index contributed by atoms with van der Waals surface area (Å²) in [5.41, 5.74) is 1.93. The van der Waals surface area contributed by atoms with Crippen molar-refractivity contribution in [3.8, 4) is 0 Å². The zero-order valence-electron chi connectivity index (χ0n) is 22.9. The summed E-state index contributed by atoms with van der Waals surface area (Å²) in [4.78, 5) is 41.4. The first-order valence-electron chi connectivity index (χ1n) is 13.1. The second-order valence-electron chi connectivity index (χ2n) is 10.8. The minimum Gasteiger partial charge on any atom is -0.448 e. The molecule has 0 unspecified atom stereocenters. The lowest BCUT2D eigenvalue weighted by Crippen LogP contribution is -2.71. The largest absolute Gasteiger partial charge is 0.448 e. The maximum absolute atomic E-state index is 14.0. The van der Waals surface area contributed by atoms with Gasteiger partial charge in [-0.15, -0.1) is 16.4 Å². The SMILES string of the molecule is C[n+]1cccn1CC1=C(C(=O)OC(c2ccccc2)c2ccccc2)N2C(=O)[C@@H](NC(=O)OC(C)(C)C)[C@H]2SC1. The first kappa shape index (κ1) is 27.5. The van der Waals surface area contributed by atoms with Gasteiger partial charge in [-0.3, -0.25) is 9.69 Å². The molecule has 9 nitrogen and oxygen atoms in total. The summed E-state index contributed by atoms with van der Waals surface area (Å²) in [6.45, 7) is 5.69. The Bertz CT molecular complexity index is 1390. The summed E-state index contributed by atoms with van der Waals surface area (Å²) < 4.78 is 15.4. The van der Waals surface area contributed by atoms with E-state index in [4.69, 9.17) is 9.47 Å². The van der Waals surface area contributed by atoms with Crippen molar-refractivity contribution in [1.29, 1.82) is 0 Å². The third-order valence-electron chi connectivity index (χ3n) is 6.66. The van der Waals surface area contributed by atoms with E-state index in [0.29, 0.717) is 12.3 Å². The molecule has 1 saturated heterocycles. The number of carbonyl (C=O) groups is 3. The Labute approximate surface area is 237 Å². The number of amides is 2. The van der Waals surface area contributed by atoms with Crippen LogP contribution in [0.5, 0.6) is 0 Å². The number of fused-ring (bicyclic) bond motifs is 1. The summed E-state index contributed by atoms with van der Waals surface area (Å²) in [6.07, 6.45) is 2.49. The number of aromatic nitrogens is 2. The van der Waals surface area contributed by atoms with Crippen molar-refractivity contribution in [1.82, 2.24) is 14.9 Å². The zero-order chi connectivity index (χ0) is 28.4. The van der Waals surface area contributed by atoms with Crippen LogP contribution in [0.1, 0.15) is 38.0 Å². The van der Waals surface area contributed by atoms with Crippen molar-refractivity contribution >= 4 is 29.7 Å². The molecule has 2 aromatic carbocycles. The average Bonchev–Trinajstić information content (AvgIpc) is 3.34. The van der Waals surface area contributed by atoms with E-state index >= 15 is 0 Å². The molecule has 2 amide bonds. The first-order chi connectivity index (χ1) is 19.1. The molecule has 0 saturated carbocycles. The maximum Gasteiger partial charge on any atom is 0.408 e. The van der Waals surface area contributed by atoms with Gasteiger partial charge >= 0.3 is 12.1 Å². The van der Waals surface area contributed by atoms with Gasteiger partial charge in [0.15, 0.2) is 19.3 Å². The minimum atomic E-state index is -0.800. The second kappa shape index (κ2) is 11.2. The number of β-lactam (4-membered cyclic amide) rings is 1. The number of thioether (sulfide) groups is 1. The van der Waals surface area contributed by atoms with Gasteiger partial charge in [-0.05, 0) is 37.5 Å². The molecule has 1 aromatic heterocycles. The van der Waals surface area contributed by atoms with Crippen LogP contribution in [-0.4, -0.2) is 50.3 Å². The van der Waals surface area contributed by atoms with Crippen molar-refractivity contribution < 1.29 is 28.5 Å². The van der Waals surface area contributed by atoms with E-state index in [0.717, 1.165) is 16.7 Å². The molecule has 208 valence electrons. The van der Waals surface area contributed by atoms with Gasteiger partial charge in [0, 0.05) is 11.8 Å². The Kier molecular flexibility index (Phi) is 7.71. The number of nitrogens with one attached hydrogen (secondary N) is 1. The van der Waals surface area contributed by atoms with Gasteiger partial charge in [-0.25, -0.2) is 9.59 Å². The Morgan fingerprint density at radius 2 is 1.68 bits per heavy atom. The normalized spacial score (nSPS) is 18.7. The minimum absolute atomic E-state index is 0.224. The Balaban J connectivity index is 1.46. The van der Waals surface area contributed by atoms with E-state index in [1.54, 1.807) is 20.8 Å². The van der Waals surface area contributed by atoms with Crippen molar-refractivity contribution in [3.05, 3.63) is 102 Å². The van der Waals surface area contributed by atoms with Gasteiger partial charge < -0.3 is 14.8 Å². The molecular weight excluding hydrogens is 528 g/mol. The number of hydrogen-bond donors (Lipinski definition) is 1. The molecule has 40 heavy (non-hydrogen) atoms. The summed E-state index contributed by atoms with van der Waals surface area (Å²) in [6, 6.07) is 20.2. The molecule has 0 radical (unpaired) electrons. The molecule has 1 fully saturated rings. The van der Waals surface area contributed by atoms with Crippen LogP contribution in [0.15, 0.2) is 90.4 Å². The fourth-order valence-corrected chi connectivity index (χ4v) is 6.12. The summed E-state index contributed by atoms with van der Waals surface area (Å²) in [5, 5.41) is 2.24. The van der Waals surface area contributed by atoms with Crippen LogP contribution in [0.2, 0.25) is 0 Å². The number of ether oxygens (including phenoxy) is 2. The molecule has 1 N–H and O–H groups in total. The highest BCUT2D eigenvalue weighted by Crippen LogP contribution is 2.42. The Morgan fingerprint density at radius 3 is 2.23 bits per heavy atom. The molecule has 0 bridgehead atoms. The lowest BCUT2D eigenvalue weighted by atomic mass is 10.0. The summed E-state index contributed by atoms with van der Waals surface area (Å²) in [7, 11) is 1.91. The molecule has 2 aliphatic heterocycles. The van der Waals surface area contributed by atoms with Crippen LogP contribution in [0.4, 0.5) is 4.79 Å². The van der Waals surface area contributed by atoms with E-state index in [1.807, 2.05) is 95.5 Å². The number of carbonyl (C=O) groups excluding carboxylic acids is 3. The van der Waals surface area contributed by atoms with Crippen molar-refractivity contribution in [2.24, 2.45) is 7.05 Å². The van der Waals surface area contributed by atoms with Gasteiger partial charge in [-0.2, -0.15) is 4.68 Å². The summed E-state index contributed by atoms with van der Waals surface area (Å²) in [5.74, 6) is -0.470. The molecular formula is C30H33N4O5S+. The van der Waals surface area contributed by atoms with Crippen molar-refractivity contribution in [3.63, 3.8) is 0 Å². The first-order valence-corrected chi connectivity index (χ1v) is 14.2. The van der Waals surface area contributed by atoms with Gasteiger partial charge in [-0.1, -0.05) is 60.7 Å². The van der Waals surface area contributed by atoms with E-state index in [9.17, 15) is 14.4 Å². The topological polar surface area (TPSA) is 93.8 Å². The fourth-order valence-electron chi connectivity index (χ4n) is 4.79. The lowest BCUT2D eigenvalue weighted by Gasteiger charge is -2.49. The van der Waals surface area contributed by atoms with Gasteiger partial charge in [0.05, 0.1) is 6.20 Å². The van der Waals surface area contributed by atoms with Crippen LogP contribution in [-0.2, 0) is 32.7 Å². The number of hydrogen-bond acceptors (Lipinski definition) is 6. The third kappa shape index (κ3) is 5.77. The van der Waals surface area contributed by atoms with Gasteiger partial charge in [0.1, 0.15) is 29.3 Å². The van der Waals surface area contributed by atoms with Crippen LogP contribution in [0, 0.1) is 0 Å². The fraction of sp³-hybridized carbons (Fsp3) is 0.333. The van der Waals surface area contributed by atoms with Crippen LogP contribution in [0.3, 0.4) is 0 Å². The smallest absolute Gasteiger partial charge is 0.408 e. The molecule has 3 heterocycles. The maximum atomic E-state index is 14.0. The zero-order valence-corrected chi connectivity index (χ0v) is 23.8. The monoisotopic (exact) mass is 561 g/mol. The van der Waals surface area contributed by atoms with Crippen LogP contribution < -0.4 is 10.00 Å². The predicted molar refractivity (Wildman–Crippen MR) is 150 cm³/mol. The second-order valence-corrected chi connectivity index (χ2v) is 11.9. The van der Waals surface area contributed by atoms with Crippen LogP contribution in [0.25, 0.3) is 0 Å². The highest BCUT2D eigenvalue weighted by atomic mass is 32.2. The Hall–Kier alpha value is -4.05. The number of esters is 1. The molecule has 5 rings (SSSR count). The van der Waals surface area contributed by atoms with E-state index in [1.165, 1.54) is 16.7 Å². The number of rotatable bonds is 7. The molecule has 10 heteroatoms. The number of aryl methyl sites for hydroxylation is 1. The molecule has 3 aromatic rings. The number of nitrogens with zero attached hydrogens (tertiary/aromatic N) is 3. The van der Waals surface area contributed by atoms with E-state index < -0.39 is 35.2 Å². The van der Waals surface area contributed by atoms with Crippen molar-refractivity contribution in [2.75, 3.05) is 5.75 Å². The quantitative estimate of drug-likeness (QED) is 0.269. The van der Waals surface area contributed by atoms with Gasteiger partial charge in [0.25, 0.3) is 5.91 Å². The molecule has 0 spiro atoms. The predicted octanol–water partition coefficient (Wildman–Crippen LogP) is 3.71. The standard InChI is InChI=1S/C30H32N4O5S/c1-30(2,3)39-29(37)31-23-26(35)34-24(22(19-40-27(23)34)18-33-17-11-16-32(33)4)28(36)38-25(20-12-7-5-8-13-20)21-14-9-6-10-15-21/h5-17,23,25,27H,18-19H2,1-4H3/p+1/t23-,27-/m1/s1. The lowest BCUT2D eigenvalue weighted by molar-refractivity contribution is -0.752. The molecule has 0 aliphatic carbocycles. The number of alkyl carbamates (subject to hydrolysis) is 1. The van der Waals surface area contributed by atoms with Gasteiger partial charge in [0.2, 0.25) is 0 Å². The number of benzene rings is 2. The van der Waals surface area contributed by atoms with E-state index in [-0.39, 0.29) is 11.6 Å². The van der Waals surface area contributed by atoms with E-state index in [2.05, 4.69) is 5.32 Å². The highest BCUT2D eigenvalue weighted by molar-refractivity contribution is 8.00. The molecule has 2 aliphatic rings. The third-order valence-corrected chi connectivity index (χ3v) is 8.00. The van der Waals surface area contributed by atoms with Crippen molar-refractivity contribution in [2.45, 2.75) is 50.4 Å². The highest BCUT2D eigenvalue weighted by Gasteiger charge is 2.55. The molecule has 2 atom stereocenters. The Morgan fingerprint density at radius 1 is 1.05 bits per heavy atom. The summed E-state index contributed by atoms with van der Waals surface area (Å²) >= 11 is 1.50.